The average Bonchev–Trinajstić information content (AvgIpc) is 2.85. The van der Waals surface area contributed by atoms with E-state index in [-0.39, 0.29) is 5.76 Å². The highest BCUT2D eigenvalue weighted by atomic mass is 16.4. The minimum absolute atomic E-state index is 0.0615. The Balaban J connectivity index is 1.85. The molecule has 6 heteroatoms. The van der Waals surface area contributed by atoms with Gasteiger partial charge in [-0.25, -0.2) is 9.78 Å². The van der Waals surface area contributed by atoms with Gasteiger partial charge in [-0.1, -0.05) is 18.2 Å². The number of amides is 1. The zero-order valence-corrected chi connectivity index (χ0v) is 12.1. The summed E-state index contributed by atoms with van der Waals surface area (Å²) in [4.78, 5) is 27.9. The van der Waals surface area contributed by atoms with E-state index in [1.54, 1.807) is 6.92 Å². The topological polar surface area (TPSA) is 92.4 Å². The van der Waals surface area contributed by atoms with Crippen molar-refractivity contribution < 1.29 is 19.1 Å². The summed E-state index contributed by atoms with van der Waals surface area (Å²) in [6, 6.07) is 9.24. The van der Waals surface area contributed by atoms with E-state index in [9.17, 15) is 14.7 Å². The lowest BCUT2D eigenvalue weighted by atomic mass is 9.76. The number of carboxylic acids is 1. The van der Waals surface area contributed by atoms with E-state index in [2.05, 4.69) is 10.3 Å². The Labute approximate surface area is 127 Å². The predicted octanol–water partition coefficient (Wildman–Crippen LogP) is 2.39. The number of aromatic nitrogens is 1. The molecule has 2 N–H and O–H groups in total. The molecular weight excluding hydrogens is 284 g/mol. The van der Waals surface area contributed by atoms with Gasteiger partial charge in [0, 0.05) is 5.56 Å². The fourth-order valence-corrected chi connectivity index (χ4v) is 2.51. The van der Waals surface area contributed by atoms with Gasteiger partial charge in [0.25, 0.3) is 5.91 Å². The number of carboxylic acid groups (broad SMARTS) is 1. The van der Waals surface area contributed by atoms with Crippen LogP contribution in [0.3, 0.4) is 0 Å². The second-order valence-corrected chi connectivity index (χ2v) is 5.49. The number of nitrogens with one attached hydrogen (secondary N) is 1. The summed E-state index contributed by atoms with van der Waals surface area (Å²) in [7, 11) is 0. The number of carbonyl (C=O) groups is 2. The summed E-state index contributed by atoms with van der Waals surface area (Å²) < 4.78 is 5.54. The first kappa shape index (κ1) is 14.3. The van der Waals surface area contributed by atoms with Crippen LogP contribution in [-0.4, -0.2) is 27.5 Å². The Morgan fingerprint density at radius 1 is 1.27 bits per heavy atom. The van der Waals surface area contributed by atoms with Gasteiger partial charge in [0.15, 0.2) is 0 Å². The van der Waals surface area contributed by atoms with Crippen LogP contribution in [-0.2, 0) is 4.79 Å². The number of hydrogen-bond acceptors (Lipinski definition) is 4. The van der Waals surface area contributed by atoms with Crippen molar-refractivity contribution in [2.45, 2.75) is 31.7 Å². The standard InChI is InChI=1S/C16H16N2O4/c1-10-12(13(19)18-16(15(20)21)8-5-9-16)22-14(17-10)11-6-3-2-4-7-11/h2-4,6-7H,5,8-9H2,1H3,(H,18,19)(H,20,21). The molecule has 0 saturated heterocycles. The van der Waals surface area contributed by atoms with Gasteiger partial charge in [-0.05, 0) is 38.3 Å². The van der Waals surface area contributed by atoms with E-state index < -0.39 is 17.4 Å². The molecule has 0 spiro atoms. The molecule has 0 radical (unpaired) electrons. The summed E-state index contributed by atoms with van der Waals surface area (Å²) in [6.45, 7) is 1.67. The second kappa shape index (κ2) is 5.29. The van der Waals surface area contributed by atoms with Crippen LogP contribution in [0.15, 0.2) is 34.7 Å². The van der Waals surface area contributed by atoms with Crippen molar-refractivity contribution in [3.63, 3.8) is 0 Å². The lowest BCUT2D eigenvalue weighted by molar-refractivity contribution is -0.148. The average molecular weight is 300 g/mol. The largest absolute Gasteiger partial charge is 0.480 e. The third kappa shape index (κ3) is 2.36. The van der Waals surface area contributed by atoms with E-state index in [1.165, 1.54) is 0 Å². The molecule has 2 aromatic rings. The van der Waals surface area contributed by atoms with Gasteiger partial charge in [0.2, 0.25) is 11.7 Å². The van der Waals surface area contributed by atoms with Crippen LogP contribution in [0.4, 0.5) is 0 Å². The highest BCUT2D eigenvalue weighted by molar-refractivity contribution is 5.97. The molecule has 1 heterocycles. The number of rotatable bonds is 4. The van der Waals surface area contributed by atoms with Crippen molar-refractivity contribution in [1.29, 1.82) is 0 Å². The monoisotopic (exact) mass is 300 g/mol. The lowest BCUT2D eigenvalue weighted by Gasteiger charge is -2.37. The zero-order valence-electron chi connectivity index (χ0n) is 12.1. The Morgan fingerprint density at radius 3 is 2.50 bits per heavy atom. The normalized spacial score (nSPS) is 15.9. The molecule has 3 rings (SSSR count). The molecule has 0 bridgehead atoms. The molecule has 6 nitrogen and oxygen atoms in total. The van der Waals surface area contributed by atoms with Crippen molar-refractivity contribution in [2.24, 2.45) is 0 Å². The van der Waals surface area contributed by atoms with Gasteiger partial charge in [0.1, 0.15) is 5.54 Å². The van der Waals surface area contributed by atoms with Crippen LogP contribution in [0.2, 0.25) is 0 Å². The highest BCUT2D eigenvalue weighted by Gasteiger charge is 2.46. The third-order valence-corrected chi connectivity index (χ3v) is 3.99. The van der Waals surface area contributed by atoms with Gasteiger partial charge in [-0.2, -0.15) is 0 Å². The van der Waals surface area contributed by atoms with Gasteiger partial charge >= 0.3 is 5.97 Å². The van der Waals surface area contributed by atoms with E-state index in [1.807, 2.05) is 30.3 Å². The Kier molecular flexibility index (Phi) is 3.44. The van der Waals surface area contributed by atoms with Crippen molar-refractivity contribution in [3.8, 4) is 11.5 Å². The minimum atomic E-state index is -1.16. The molecule has 1 aliphatic carbocycles. The van der Waals surface area contributed by atoms with E-state index in [0.29, 0.717) is 24.4 Å². The molecule has 1 aliphatic rings. The maximum atomic E-state index is 12.3. The Bertz CT molecular complexity index is 717. The number of carbonyl (C=O) groups excluding carboxylic acids is 1. The van der Waals surface area contributed by atoms with E-state index in [0.717, 1.165) is 12.0 Å². The first-order chi connectivity index (χ1) is 10.5. The van der Waals surface area contributed by atoms with E-state index in [4.69, 9.17) is 4.42 Å². The van der Waals surface area contributed by atoms with Crippen LogP contribution in [0, 0.1) is 6.92 Å². The molecule has 0 unspecified atom stereocenters. The Hall–Kier alpha value is -2.63. The molecule has 1 fully saturated rings. The first-order valence-electron chi connectivity index (χ1n) is 7.11. The summed E-state index contributed by atoms with van der Waals surface area (Å²) in [5.41, 5.74) is 0.0425. The van der Waals surface area contributed by atoms with Crippen LogP contribution in [0.5, 0.6) is 0 Å². The molecule has 0 aliphatic heterocycles. The molecule has 114 valence electrons. The fourth-order valence-electron chi connectivity index (χ4n) is 2.51. The van der Waals surface area contributed by atoms with Gasteiger partial charge in [-0.3, -0.25) is 4.79 Å². The van der Waals surface area contributed by atoms with Crippen molar-refractivity contribution in [2.75, 3.05) is 0 Å². The molecule has 1 aromatic carbocycles. The van der Waals surface area contributed by atoms with Crippen LogP contribution >= 0.6 is 0 Å². The Morgan fingerprint density at radius 2 is 1.95 bits per heavy atom. The smallest absolute Gasteiger partial charge is 0.329 e. The first-order valence-corrected chi connectivity index (χ1v) is 7.11. The van der Waals surface area contributed by atoms with Gasteiger partial charge in [0.05, 0.1) is 5.69 Å². The summed E-state index contributed by atoms with van der Waals surface area (Å²) in [5.74, 6) is -1.13. The molecule has 1 aromatic heterocycles. The van der Waals surface area contributed by atoms with Gasteiger partial charge in [-0.15, -0.1) is 0 Å². The van der Waals surface area contributed by atoms with E-state index >= 15 is 0 Å². The van der Waals surface area contributed by atoms with Crippen LogP contribution < -0.4 is 5.32 Å². The van der Waals surface area contributed by atoms with Gasteiger partial charge < -0.3 is 14.8 Å². The third-order valence-electron chi connectivity index (χ3n) is 3.99. The molecule has 1 saturated carbocycles. The van der Waals surface area contributed by atoms with Crippen molar-refractivity contribution >= 4 is 11.9 Å². The van der Waals surface area contributed by atoms with Crippen LogP contribution in [0.1, 0.15) is 35.5 Å². The summed E-state index contributed by atoms with van der Waals surface area (Å²) in [5, 5.41) is 11.9. The summed E-state index contributed by atoms with van der Waals surface area (Å²) in [6.07, 6.45) is 1.66. The van der Waals surface area contributed by atoms with Crippen LogP contribution in [0.25, 0.3) is 11.5 Å². The molecule has 22 heavy (non-hydrogen) atoms. The number of aliphatic carboxylic acids is 1. The van der Waals surface area contributed by atoms with Crippen molar-refractivity contribution in [3.05, 3.63) is 41.8 Å². The minimum Gasteiger partial charge on any atom is -0.480 e. The maximum Gasteiger partial charge on any atom is 0.329 e. The lowest BCUT2D eigenvalue weighted by Crippen LogP contribution is -2.59. The number of oxazole rings is 1. The zero-order chi connectivity index (χ0) is 15.7. The fraction of sp³-hybridized carbons (Fsp3) is 0.312. The number of hydrogen-bond donors (Lipinski definition) is 2. The second-order valence-electron chi connectivity index (χ2n) is 5.49. The van der Waals surface area contributed by atoms with Crippen molar-refractivity contribution in [1.82, 2.24) is 10.3 Å². The number of benzene rings is 1. The highest BCUT2D eigenvalue weighted by Crippen LogP contribution is 2.32. The SMILES string of the molecule is Cc1nc(-c2ccccc2)oc1C(=O)NC1(C(=O)O)CCC1. The number of aryl methyl sites for hydroxylation is 1. The molecular formula is C16H16N2O4. The predicted molar refractivity (Wildman–Crippen MR) is 78.4 cm³/mol. The number of nitrogens with zero attached hydrogens (tertiary/aromatic N) is 1. The quantitative estimate of drug-likeness (QED) is 0.904. The maximum absolute atomic E-state index is 12.3. The summed E-state index contributed by atoms with van der Waals surface area (Å²) >= 11 is 0. The molecule has 1 amide bonds. The molecule has 0 atom stereocenters.